The topological polar surface area (TPSA) is 46.5 Å². The van der Waals surface area contributed by atoms with Crippen LogP contribution >= 0.6 is 11.6 Å². The lowest BCUT2D eigenvalue weighted by atomic mass is 10.2. The maximum atomic E-state index is 12.9. The molecule has 5 heteroatoms. The molecule has 3 nitrogen and oxygen atoms in total. The number of hydrogen-bond acceptors (Lipinski definition) is 2. The van der Waals surface area contributed by atoms with Gasteiger partial charge in [-0.2, -0.15) is 0 Å². The molecular weight excluding hydrogens is 223 g/mol. The summed E-state index contributed by atoms with van der Waals surface area (Å²) >= 11 is 5.69. The SMILES string of the molecule is CCCOc1c(Cl)cc(F)cc1C(=O)O. The summed E-state index contributed by atoms with van der Waals surface area (Å²) in [5, 5.41) is 8.78. The van der Waals surface area contributed by atoms with E-state index in [-0.39, 0.29) is 16.3 Å². The van der Waals surface area contributed by atoms with E-state index in [9.17, 15) is 9.18 Å². The molecule has 1 rings (SSSR count). The van der Waals surface area contributed by atoms with Gasteiger partial charge in [0.2, 0.25) is 0 Å². The van der Waals surface area contributed by atoms with Crippen LogP contribution in [0, 0.1) is 5.82 Å². The Balaban J connectivity index is 3.15. The van der Waals surface area contributed by atoms with E-state index in [1.54, 1.807) is 0 Å². The van der Waals surface area contributed by atoms with Crippen LogP contribution in [0.25, 0.3) is 0 Å². The van der Waals surface area contributed by atoms with Crippen molar-refractivity contribution in [3.63, 3.8) is 0 Å². The molecule has 0 aliphatic heterocycles. The van der Waals surface area contributed by atoms with E-state index in [1.807, 2.05) is 6.92 Å². The molecule has 0 fully saturated rings. The van der Waals surface area contributed by atoms with E-state index >= 15 is 0 Å². The molecule has 0 bridgehead atoms. The van der Waals surface area contributed by atoms with Crippen molar-refractivity contribution in [1.29, 1.82) is 0 Å². The molecule has 0 amide bonds. The molecule has 0 atom stereocenters. The first-order valence-electron chi connectivity index (χ1n) is 4.41. The minimum Gasteiger partial charge on any atom is -0.491 e. The van der Waals surface area contributed by atoms with E-state index in [1.165, 1.54) is 0 Å². The summed E-state index contributed by atoms with van der Waals surface area (Å²) in [5.74, 6) is -1.93. The molecule has 1 N–H and O–H groups in total. The summed E-state index contributed by atoms with van der Waals surface area (Å²) in [6, 6.07) is 1.91. The molecule has 0 aromatic heterocycles. The predicted octanol–water partition coefficient (Wildman–Crippen LogP) is 2.97. The van der Waals surface area contributed by atoms with E-state index in [0.717, 1.165) is 12.1 Å². The van der Waals surface area contributed by atoms with E-state index in [4.69, 9.17) is 21.4 Å². The molecule has 15 heavy (non-hydrogen) atoms. The molecule has 82 valence electrons. The van der Waals surface area contributed by atoms with Crippen molar-refractivity contribution in [2.75, 3.05) is 6.61 Å². The van der Waals surface area contributed by atoms with Crippen molar-refractivity contribution < 1.29 is 19.0 Å². The fourth-order valence-electron chi connectivity index (χ4n) is 1.07. The normalized spacial score (nSPS) is 10.1. The first kappa shape index (κ1) is 11.8. The van der Waals surface area contributed by atoms with Crippen molar-refractivity contribution in [3.05, 3.63) is 28.5 Å². The molecule has 0 aliphatic rings. The van der Waals surface area contributed by atoms with Gasteiger partial charge in [0.1, 0.15) is 11.4 Å². The number of carboxylic acids is 1. The van der Waals surface area contributed by atoms with Crippen LogP contribution in [0.2, 0.25) is 5.02 Å². The number of benzene rings is 1. The molecule has 0 heterocycles. The number of halogens is 2. The van der Waals surface area contributed by atoms with E-state index in [0.29, 0.717) is 13.0 Å². The van der Waals surface area contributed by atoms with Crippen molar-refractivity contribution >= 4 is 17.6 Å². The molecule has 0 spiro atoms. The first-order valence-corrected chi connectivity index (χ1v) is 4.79. The Morgan fingerprint density at radius 1 is 1.60 bits per heavy atom. The zero-order valence-corrected chi connectivity index (χ0v) is 8.84. The van der Waals surface area contributed by atoms with Gasteiger partial charge in [-0.1, -0.05) is 18.5 Å². The average molecular weight is 233 g/mol. The van der Waals surface area contributed by atoms with E-state index in [2.05, 4.69) is 0 Å². The van der Waals surface area contributed by atoms with Crippen molar-refractivity contribution in [1.82, 2.24) is 0 Å². The summed E-state index contributed by atoms with van der Waals surface area (Å²) in [7, 11) is 0. The van der Waals surface area contributed by atoms with Gasteiger partial charge in [0.15, 0.2) is 5.75 Å². The summed E-state index contributed by atoms with van der Waals surface area (Å²) in [6.45, 7) is 2.21. The molecule has 0 unspecified atom stereocenters. The first-order chi connectivity index (χ1) is 7.06. The third-order valence-electron chi connectivity index (χ3n) is 1.69. The van der Waals surface area contributed by atoms with Gasteiger partial charge in [-0.05, 0) is 18.6 Å². The fourth-order valence-corrected chi connectivity index (χ4v) is 1.33. The second kappa shape index (κ2) is 4.98. The Morgan fingerprint density at radius 2 is 2.27 bits per heavy atom. The van der Waals surface area contributed by atoms with Gasteiger partial charge in [0, 0.05) is 0 Å². The third kappa shape index (κ3) is 2.83. The van der Waals surface area contributed by atoms with Crippen molar-refractivity contribution in [2.45, 2.75) is 13.3 Å². The molecular formula is C10H10ClFO3. The highest BCUT2D eigenvalue weighted by Gasteiger charge is 2.16. The molecule has 0 aliphatic carbocycles. The Hall–Kier alpha value is -1.29. The molecule has 0 saturated carbocycles. The number of carbonyl (C=O) groups is 1. The number of rotatable bonds is 4. The highest BCUT2D eigenvalue weighted by Crippen LogP contribution is 2.30. The maximum Gasteiger partial charge on any atom is 0.339 e. The largest absolute Gasteiger partial charge is 0.491 e. The van der Waals surface area contributed by atoms with Crippen LogP contribution in [-0.2, 0) is 0 Å². The van der Waals surface area contributed by atoms with Gasteiger partial charge in [-0.3, -0.25) is 0 Å². The third-order valence-corrected chi connectivity index (χ3v) is 1.97. The van der Waals surface area contributed by atoms with Gasteiger partial charge in [0.25, 0.3) is 0 Å². The smallest absolute Gasteiger partial charge is 0.339 e. The molecule has 1 aromatic carbocycles. The monoisotopic (exact) mass is 232 g/mol. The van der Waals surface area contributed by atoms with Gasteiger partial charge < -0.3 is 9.84 Å². The van der Waals surface area contributed by atoms with Crippen molar-refractivity contribution in [3.8, 4) is 5.75 Å². The predicted molar refractivity (Wildman–Crippen MR) is 54.2 cm³/mol. The lowest BCUT2D eigenvalue weighted by molar-refractivity contribution is 0.0691. The fraction of sp³-hybridized carbons (Fsp3) is 0.300. The van der Waals surface area contributed by atoms with Gasteiger partial charge in [0.05, 0.1) is 11.6 Å². The van der Waals surface area contributed by atoms with Gasteiger partial charge in [-0.25, -0.2) is 9.18 Å². The van der Waals surface area contributed by atoms with Crippen LogP contribution in [0.1, 0.15) is 23.7 Å². The summed E-state index contributed by atoms with van der Waals surface area (Å²) in [5.41, 5.74) is -0.256. The van der Waals surface area contributed by atoms with E-state index < -0.39 is 11.8 Å². The van der Waals surface area contributed by atoms with Crippen LogP contribution < -0.4 is 4.74 Å². The lowest BCUT2D eigenvalue weighted by Crippen LogP contribution is -2.05. The highest BCUT2D eigenvalue weighted by atomic mass is 35.5. The number of carboxylic acid groups (broad SMARTS) is 1. The maximum absolute atomic E-state index is 12.9. The molecule has 0 saturated heterocycles. The highest BCUT2D eigenvalue weighted by molar-refractivity contribution is 6.32. The van der Waals surface area contributed by atoms with Crippen LogP contribution in [0.15, 0.2) is 12.1 Å². The molecule has 1 aromatic rings. The standard InChI is InChI=1S/C10H10ClFO3/c1-2-3-15-9-7(10(13)14)4-6(12)5-8(9)11/h4-5H,2-3H2,1H3,(H,13,14). The molecule has 0 radical (unpaired) electrons. The minimum absolute atomic E-state index is 0.0208. The zero-order valence-electron chi connectivity index (χ0n) is 8.09. The van der Waals surface area contributed by atoms with Crippen LogP contribution in [0.4, 0.5) is 4.39 Å². The lowest BCUT2D eigenvalue weighted by Gasteiger charge is -2.09. The quantitative estimate of drug-likeness (QED) is 0.868. The Kier molecular flexibility index (Phi) is 3.91. The van der Waals surface area contributed by atoms with Crippen molar-refractivity contribution in [2.24, 2.45) is 0 Å². The second-order valence-electron chi connectivity index (χ2n) is 2.92. The van der Waals surface area contributed by atoms with Gasteiger partial charge in [-0.15, -0.1) is 0 Å². The average Bonchev–Trinajstić information content (AvgIpc) is 2.15. The van der Waals surface area contributed by atoms with Crippen LogP contribution in [0.5, 0.6) is 5.75 Å². The van der Waals surface area contributed by atoms with Crippen LogP contribution in [-0.4, -0.2) is 17.7 Å². The minimum atomic E-state index is -1.26. The second-order valence-corrected chi connectivity index (χ2v) is 3.33. The zero-order chi connectivity index (χ0) is 11.4. The summed E-state index contributed by atoms with van der Waals surface area (Å²) < 4.78 is 18.0. The Bertz CT molecular complexity index is 379. The Labute approximate surface area is 91.4 Å². The summed E-state index contributed by atoms with van der Waals surface area (Å²) in [6.07, 6.45) is 0.715. The van der Waals surface area contributed by atoms with Gasteiger partial charge >= 0.3 is 5.97 Å². The summed E-state index contributed by atoms with van der Waals surface area (Å²) in [4.78, 5) is 10.8. The number of ether oxygens (including phenoxy) is 1. The number of hydrogen-bond donors (Lipinski definition) is 1. The Morgan fingerprint density at radius 3 is 2.80 bits per heavy atom. The number of aromatic carboxylic acids is 1. The van der Waals surface area contributed by atoms with Crippen LogP contribution in [0.3, 0.4) is 0 Å².